The highest BCUT2D eigenvalue weighted by molar-refractivity contribution is 7.90. The number of rotatable bonds is 3. The van der Waals surface area contributed by atoms with E-state index in [1.807, 2.05) is 0 Å². The van der Waals surface area contributed by atoms with Gasteiger partial charge in [0, 0.05) is 19.6 Å². The van der Waals surface area contributed by atoms with Gasteiger partial charge in [0.25, 0.3) is 0 Å². The third-order valence-corrected chi connectivity index (χ3v) is 5.31. The Balaban J connectivity index is 0.000000980. The van der Waals surface area contributed by atoms with Crippen molar-refractivity contribution in [2.75, 3.05) is 20.1 Å². The molecule has 0 radical (unpaired) electrons. The molecule has 2 rings (SSSR count). The molecule has 2 aliphatic rings. The lowest BCUT2D eigenvalue weighted by Crippen LogP contribution is -2.40. The van der Waals surface area contributed by atoms with E-state index in [0.717, 1.165) is 32.4 Å². The summed E-state index contributed by atoms with van der Waals surface area (Å²) in [5.41, 5.74) is 0. The average Bonchev–Trinajstić information content (AvgIpc) is 2.82. The summed E-state index contributed by atoms with van der Waals surface area (Å²) in [4.78, 5) is 0. The summed E-state index contributed by atoms with van der Waals surface area (Å²) in [6.07, 6.45) is 2.65. The maximum absolute atomic E-state index is 11.8. The molecule has 1 atom stereocenters. The van der Waals surface area contributed by atoms with Crippen molar-refractivity contribution in [1.82, 2.24) is 9.62 Å². The minimum atomic E-state index is -2.96. The van der Waals surface area contributed by atoms with Gasteiger partial charge in [-0.3, -0.25) is 0 Å². The zero-order valence-electron chi connectivity index (χ0n) is 8.27. The van der Waals surface area contributed by atoms with Crippen LogP contribution < -0.4 is 5.32 Å². The summed E-state index contributed by atoms with van der Waals surface area (Å²) in [7, 11) is -1.24. The van der Waals surface area contributed by atoms with E-state index >= 15 is 0 Å². The maximum Gasteiger partial charge on any atom is 0.217 e. The van der Waals surface area contributed by atoms with E-state index < -0.39 is 10.0 Å². The first-order valence-electron chi connectivity index (χ1n) is 4.80. The zero-order valence-corrected chi connectivity index (χ0v) is 9.90. The molecule has 6 heteroatoms. The number of nitrogens with one attached hydrogen (secondary N) is 1. The number of halogens is 1. The van der Waals surface area contributed by atoms with Crippen LogP contribution in [-0.2, 0) is 10.0 Å². The Labute approximate surface area is 91.5 Å². The van der Waals surface area contributed by atoms with Gasteiger partial charge in [-0.05, 0) is 25.8 Å². The highest BCUT2D eigenvalue weighted by atomic mass is 35.5. The van der Waals surface area contributed by atoms with E-state index in [1.165, 1.54) is 0 Å². The quantitative estimate of drug-likeness (QED) is 0.767. The topological polar surface area (TPSA) is 49.4 Å². The molecule has 84 valence electrons. The smallest absolute Gasteiger partial charge is 0.217 e. The molecule has 1 saturated carbocycles. The van der Waals surface area contributed by atoms with Crippen molar-refractivity contribution in [3.05, 3.63) is 0 Å². The molecule has 1 unspecified atom stereocenters. The molecule has 2 fully saturated rings. The molecule has 4 nitrogen and oxygen atoms in total. The lowest BCUT2D eigenvalue weighted by molar-refractivity contribution is 0.387. The van der Waals surface area contributed by atoms with Gasteiger partial charge >= 0.3 is 0 Å². The Morgan fingerprint density at radius 3 is 2.36 bits per heavy atom. The van der Waals surface area contributed by atoms with Gasteiger partial charge in [0.05, 0.1) is 5.25 Å². The van der Waals surface area contributed by atoms with E-state index in [-0.39, 0.29) is 23.7 Å². The van der Waals surface area contributed by atoms with Crippen LogP contribution in [0.5, 0.6) is 0 Å². The molecule has 1 heterocycles. The van der Waals surface area contributed by atoms with E-state index in [4.69, 9.17) is 0 Å². The maximum atomic E-state index is 11.8. The Kier molecular flexibility index (Phi) is 3.80. The standard InChI is InChI=1S/C8H16N2O2S.ClH/c1-10(7-4-5-9-6-7)13(11,12)8-2-3-8;/h7-9H,2-6H2,1H3;1H. The Hall–Kier alpha value is 0.160. The van der Waals surface area contributed by atoms with Gasteiger partial charge in [0.1, 0.15) is 0 Å². The predicted octanol–water partition coefficient (Wildman–Crippen LogP) is 0.194. The van der Waals surface area contributed by atoms with Crippen molar-refractivity contribution in [3.63, 3.8) is 0 Å². The summed E-state index contributed by atoms with van der Waals surface area (Å²) in [6, 6.07) is 0.186. The lowest BCUT2D eigenvalue weighted by atomic mass is 10.3. The van der Waals surface area contributed by atoms with Gasteiger partial charge in [0.2, 0.25) is 10.0 Å². The molecule has 1 saturated heterocycles. The summed E-state index contributed by atoms with van der Waals surface area (Å²) in [5, 5.41) is 3.11. The van der Waals surface area contributed by atoms with Crippen molar-refractivity contribution in [2.24, 2.45) is 0 Å². The second kappa shape index (κ2) is 4.35. The summed E-state index contributed by atoms with van der Waals surface area (Å²) in [5.74, 6) is 0. The molecule has 0 aromatic rings. The SMILES string of the molecule is CN(C1CCNC1)S(=O)(=O)C1CC1.Cl. The second-order valence-corrected chi connectivity index (χ2v) is 6.18. The number of nitrogens with zero attached hydrogens (tertiary/aromatic N) is 1. The van der Waals surface area contributed by atoms with Crippen molar-refractivity contribution >= 4 is 22.4 Å². The molecule has 0 aromatic heterocycles. The van der Waals surface area contributed by atoms with E-state index in [0.29, 0.717) is 0 Å². The minimum Gasteiger partial charge on any atom is -0.315 e. The zero-order chi connectivity index (χ0) is 9.47. The summed E-state index contributed by atoms with van der Waals surface area (Å²) in [6.45, 7) is 1.75. The van der Waals surface area contributed by atoms with Gasteiger partial charge in [-0.15, -0.1) is 12.4 Å². The minimum absolute atomic E-state index is 0. The van der Waals surface area contributed by atoms with Crippen LogP contribution in [0.3, 0.4) is 0 Å². The van der Waals surface area contributed by atoms with Crippen LogP contribution in [0.1, 0.15) is 19.3 Å². The number of sulfonamides is 1. The normalized spacial score (nSPS) is 27.7. The average molecular weight is 241 g/mol. The van der Waals surface area contributed by atoms with Gasteiger partial charge < -0.3 is 5.32 Å². The largest absolute Gasteiger partial charge is 0.315 e. The molecule has 0 amide bonds. The molecule has 0 spiro atoms. The predicted molar refractivity (Wildman–Crippen MR) is 58.2 cm³/mol. The van der Waals surface area contributed by atoms with Crippen molar-refractivity contribution in [3.8, 4) is 0 Å². The molecular weight excluding hydrogens is 224 g/mol. The first-order valence-corrected chi connectivity index (χ1v) is 6.30. The fraction of sp³-hybridized carbons (Fsp3) is 1.00. The summed E-state index contributed by atoms with van der Waals surface area (Å²) < 4.78 is 25.1. The van der Waals surface area contributed by atoms with Crippen molar-refractivity contribution in [2.45, 2.75) is 30.6 Å². The van der Waals surface area contributed by atoms with Gasteiger partial charge in [-0.25, -0.2) is 12.7 Å². The van der Waals surface area contributed by atoms with E-state index in [1.54, 1.807) is 11.4 Å². The number of likely N-dealkylation sites (N-methyl/N-ethyl adjacent to an activating group) is 1. The molecule has 1 N–H and O–H groups in total. The molecule has 1 aliphatic carbocycles. The summed E-state index contributed by atoms with van der Waals surface area (Å²) >= 11 is 0. The van der Waals surface area contributed by atoms with E-state index in [2.05, 4.69) is 5.32 Å². The number of hydrogen-bond acceptors (Lipinski definition) is 3. The monoisotopic (exact) mass is 240 g/mol. The van der Waals surface area contributed by atoms with Crippen molar-refractivity contribution in [1.29, 1.82) is 0 Å². The Morgan fingerprint density at radius 2 is 1.93 bits per heavy atom. The van der Waals surface area contributed by atoms with Gasteiger partial charge in [-0.1, -0.05) is 0 Å². The van der Waals surface area contributed by atoms with Crippen LogP contribution in [0.4, 0.5) is 0 Å². The number of hydrogen-bond donors (Lipinski definition) is 1. The van der Waals surface area contributed by atoms with Crippen LogP contribution in [0.2, 0.25) is 0 Å². The highest BCUT2D eigenvalue weighted by Gasteiger charge is 2.41. The Morgan fingerprint density at radius 1 is 1.29 bits per heavy atom. The third-order valence-electron chi connectivity index (χ3n) is 2.90. The second-order valence-electron chi connectivity index (χ2n) is 3.91. The molecule has 1 aliphatic heterocycles. The van der Waals surface area contributed by atoms with Crippen LogP contribution in [0.15, 0.2) is 0 Å². The molecule has 0 bridgehead atoms. The molecular formula is C8H17ClN2O2S. The Bertz CT molecular complexity index is 284. The van der Waals surface area contributed by atoms with Gasteiger partial charge in [-0.2, -0.15) is 0 Å². The van der Waals surface area contributed by atoms with Crippen LogP contribution >= 0.6 is 12.4 Å². The van der Waals surface area contributed by atoms with Crippen molar-refractivity contribution < 1.29 is 8.42 Å². The fourth-order valence-corrected chi connectivity index (χ4v) is 3.56. The van der Waals surface area contributed by atoms with Crippen LogP contribution in [0, 0.1) is 0 Å². The van der Waals surface area contributed by atoms with Crippen LogP contribution in [-0.4, -0.2) is 44.2 Å². The highest BCUT2D eigenvalue weighted by Crippen LogP contribution is 2.31. The first kappa shape index (κ1) is 12.2. The van der Waals surface area contributed by atoms with E-state index in [9.17, 15) is 8.42 Å². The lowest BCUT2D eigenvalue weighted by Gasteiger charge is -2.22. The molecule has 14 heavy (non-hydrogen) atoms. The van der Waals surface area contributed by atoms with Gasteiger partial charge in [0.15, 0.2) is 0 Å². The first-order chi connectivity index (χ1) is 6.12. The molecule has 0 aromatic carbocycles. The third kappa shape index (κ3) is 2.21. The van der Waals surface area contributed by atoms with Crippen LogP contribution in [0.25, 0.3) is 0 Å². The fourth-order valence-electron chi connectivity index (χ4n) is 1.76.